The van der Waals surface area contributed by atoms with Gasteiger partial charge in [-0.15, -0.1) is 0 Å². The van der Waals surface area contributed by atoms with Crippen molar-refractivity contribution in [3.05, 3.63) is 0 Å². The van der Waals surface area contributed by atoms with Crippen LogP contribution in [0.2, 0.25) is 0 Å². The molecule has 66 valence electrons. The molecule has 0 aliphatic rings. The molecule has 0 aromatic rings. The summed E-state index contributed by atoms with van der Waals surface area (Å²) in [6.45, 7) is 5.27. The molecular formula is C8H17NO2. The van der Waals surface area contributed by atoms with Gasteiger partial charge >= 0.3 is 0 Å². The molecule has 0 aromatic heterocycles. The zero-order valence-electron chi connectivity index (χ0n) is 7.52. The van der Waals surface area contributed by atoms with E-state index in [9.17, 15) is 4.79 Å². The number of carbonyl (C=O) groups is 1. The number of amides is 1. The van der Waals surface area contributed by atoms with Gasteiger partial charge in [0.1, 0.15) is 0 Å². The number of ether oxygens (including phenoxy) is 1. The molecule has 0 aliphatic heterocycles. The van der Waals surface area contributed by atoms with Crippen molar-refractivity contribution < 1.29 is 9.53 Å². The third kappa shape index (κ3) is 5.85. The molecule has 1 N–H and O–H groups in total. The lowest BCUT2D eigenvalue weighted by atomic mass is 10.1. The first kappa shape index (κ1) is 10.4. The Labute approximate surface area is 68.1 Å². The first-order valence-corrected chi connectivity index (χ1v) is 3.96. The smallest absolute Gasteiger partial charge is 0.220 e. The predicted molar refractivity (Wildman–Crippen MR) is 44.3 cm³/mol. The summed E-state index contributed by atoms with van der Waals surface area (Å²) in [6, 6.07) is 0. The van der Waals surface area contributed by atoms with Gasteiger partial charge < -0.3 is 10.1 Å². The fourth-order valence-electron chi connectivity index (χ4n) is 0.929. The quantitative estimate of drug-likeness (QED) is 0.644. The van der Waals surface area contributed by atoms with E-state index in [-0.39, 0.29) is 5.91 Å². The van der Waals surface area contributed by atoms with E-state index in [1.807, 2.05) is 13.8 Å². The van der Waals surface area contributed by atoms with Gasteiger partial charge in [-0.25, -0.2) is 0 Å². The number of hydrogen-bond acceptors (Lipinski definition) is 2. The number of hydrogen-bond donors (Lipinski definition) is 1. The maximum absolute atomic E-state index is 11.0. The second kappa shape index (κ2) is 6.16. The SMILES string of the molecule is CCNC(=O)CC(C)COC. The van der Waals surface area contributed by atoms with Crippen molar-refractivity contribution >= 4 is 5.91 Å². The van der Waals surface area contributed by atoms with Crippen LogP contribution in [0.25, 0.3) is 0 Å². The molecular weight excluding hydrogens is 142 g/mol. The van der Waals surface area contributed by atoms with E-state index in [1.165, 1.54) is 0 Å². The van der Waals surface area contributed by atoms with Gasteiger partial charge in [-0.05, 0) is 12.8 Å². The summed E-state index contributed by atoms with van der Waals surface area (Å²) in [7, 11) is 1.65. The second-order valence-corrected chi connectivity index (χ2v) is 2.72. The first-order valence-electron chi connectivity index (χ1n) is 3.96. The number of methoxy groups -OCH3 is 1. The fraction of sp³-hybridized carbons (Fsp3) is 0.875. The van der Waals surface area contributed by atoms with Crippen molar-refractivity contribution in [2.75, 3.05) is 20.3 Å². The summed E-state index contributed by atoms with van der Waals surface area (Å²) < 4.78 is 4.90. The molecule has 1 unspecified atom stereocenters. The topological polar surface area (TPSA) is 38.3 Å². The third-order valence-electron chi connectivity index (χ3n) is 1.36. The van der Waals surface area contributed by atoms with Crippen molar-refractivity contribution in [3.8, 4) is 0 Å². The van der Waals surface area contributed by atoms with E-state index in [1.54, 1.807) is 7.11 Å². The average molecular weight is 159 g/mol. The van der Waals surface area contributed by atoms with Crippen molar-refractivity contribution in [1.82, 2.24) is 5.32 Å². The fourth-order valence-corrected chi connectivity index (χ4v) is 0.929. The number of carbonyl (C=O) groups excluding carboxylic acids is 1. The van der Waals surface area contributed by atoms with Gasteiger partial charge in [0.15, 0.2) is 0 Å². The standard InChI is InChI=1S/C8H17NO2/c1-4-9-8(10)5-7(2)6-11-3/h7H,4-6H2,1-3H3,(H,9,10). The Balaban J connectivity index is 3.40. The maximum Gasteiger partial charge on any atom is 0.220 e. The van der Waals surface area contributed by atoms with Crippen LogP contribution in [0, 0.1) is 5.92 Å². The molecule has 0 aromatic carbocycles. The first-order chi connectivity index (χ1) is 5.20. The molecule has 0 aliphatic carbocycles. The summed E-state index contributed by atoms with van der Waals surface area (Å²) in [4.78, 5) is 11.0. The molecule has 0 rings (SSSR count). The largest absolute Gasteiger partial charge is 0.384 e. The molecule has 0 spiro atoms. The van der Waals surface area contributed by atoms with Crippen LogP contribution in [0.4, 0.5) is 0 Å². The highest BCUT2D eigenvalue weighted by molar-refractivity contribution is 5.75. The molecule has 0 saturated heterocycles. The molecule has 3 nitrogen and oxygen atoms in total. The van der Waals surface area contributed by atoms with Crippen molar-refractivity contribution in [3.63, 3.8) is 0 Å². The van der Waals surface area contributed by atoms with Gasteiger partial charge in [0.2, 0.25) is 5.91 Å². The molecule has 0 fully saturated rings. The van der Waals surface area contributed by atoms with Crippen LogP contribution in [0.3, 0.4) is 0 Å². The van der Waals surface area contributed by atoms with Gasteiger partial charge in [0.25, 0.3) is 0 Å². The molecule has 11 heavy (non-hydrogen) atoms. The van der Waals surface area contributed by atoms with Crippen LogP contribution in [-0.2, 0) is 9.53 Å². The Bertz CT molecular complexity index is 115. The van der Waals surface area contributed by atoms with E-state index in [4.69, 9.17) is 4.74 Å². The van der Waals surface area contributed by atoms with Crippen LogP contribution in [-0.4, -0.2) is 26.2 Å². The summed E-state index contributed by atoms with van der Waals surface area (Å²) in [5.41, 5.74) is 0. The minimum Gasteiger partial charge on any atom is -0.384 e. The van der Waals surface area contributed by atoms with E-state index in [2.05, 4.69) is 5.32 Å². The van der Waals surface area contributed by atoms with E-state index < -0.39 is 0 Å². The summed E-state index contributed by atoms with van der Waals surface area (Å²) >= 11 is 0. The van der Waals surface area contributed by atoms with Crippen LogP contribution >= 0.6 is 0 Å². The Hall–Kier alpha value is -0.570. The molecule has 1 amide bonds. The number of rotatable bonds is 5. The number of nitrogens with one attached hydrogen (secondary N) is 1. The summed E-state index contributed by atoms with van der Waals surface area (Å²) in [5.74, 6) is 0.420. The lowest BCUT2D eigenvalue weighted by molar-refractivity contribution is -0.122. The van der Waals surface area contributed by atoms with Crippen molar-refractivity contribution in [2.45, 2.75) is 20.3 Å². The molecule has 0 bridgehead atoms. The molecule has 1 atom stereocenters. The van der Waals surface area contributed by atoms with Gasteiger partial charge in [0, 0.05) is 26.7 Å². The van der Waals surface area contributed by atoms with Crippen molar-refractivity contribution in [2.24, 2.45) is 5.92 Å². The van der Waals surface area contributed by atoms with Crippen LogP contribution in [0.1, 0.15) is 20.3 Å². The van der Waals surface area contributed by atoms with Crippen LogP contribution < -0.4 is 5.32 Å². The maximum atomic E-state index is 11.0. The van der Waals surface area contributed by atoms with Gasteiger partial charge in [-0.3, -0.25) is 4.79 Å². The van der Waals surface area contributed by atoms with Crippen LogP contribution in [0.5, 0.6) is 0 Å². The van der Waals surface area contributed by atoms with Crippen molar-refractivity contribution in [1.29, 1.82) is 0 Å². The van der Waals surface area contributed by atoms with E-state index >= 15 is 0 Å². The van der Waals surface area contributed by atoms with Gasteiger partial charge in [-0.2, -0.15) is 0 Å². The minimum atomic E-state index is 0.108. The second-order valence-electron chi connectivity index (χ2n) is 2.72. The highest BCUT2D eigenvalue weighted by atomic mass is 16.5. The lowest BCUT2D eigenvalue weighted by Gasteiger charge is -2.08. The zero-order valence-corrected chi connectivity index (χ0v) is 7.52. The molecule has 0 heterocycles. The van der Waals surface area contributed by atoms with Gasteiger partial charge in [0.05, 0.1) is 0 Å². The highest BCUT2D eigenvalue weighted by Crippen LogP contribution is 2.00. The zero-order chi connectivity index (χ0) is 8.69. The monoisotopic (exact) mass is 159 g/mol. The van der Waals surface area contributed by atoms with Crippen LogP contribution in [0.15, 0.2) is 0 Å². The Morgan fingerprint density at radius 2 is 2.27 bits per heavy atom. The predicted octanol–water partition coefficient (Wildman–Crippen LogP) is 0.795. The molecule has 0 radical (unpaired) electrons. The Morgan fingerprint density at radius 1 is 1.64 bits per heavy atom. The molecule has 0 saturated carbocycles. The lowest BCUT2D eigenvalue weighted by Crippen LogP contribution is -2.25. The summed E-state index contributed by atoms with van der Waals surface area (Å²) in [6.07, 6.45) is 0.557. The minimum absolute atomic E-state index is 0.108. The Morgan fingerprint density at radius 3 is 2.73 bits per heavy atom. The third-order valence-corrected chi connectivity index (χ3v) is 1.36. The average Bonchev–Trinajstić information content (AvgIpc) is 1.87. The normalized spacial score (nSPS) is 12.6. The van der Waals surface area contributed by atoms with E-state index in [0.717, 1.165) is 0 Å². The summed E-state index contributed by atoms with van der Waals surface area (Å²) in [5, 5.41) is 2.74. The highest BCUT2D eigenvalue weighted by Gasteiger charge is 2.06. The van der Waals surface area contributed by atoms with Gasteiger partial charge in [-0.1, -0.05) is 6.92 Å². The molecule has 3 heteroatoms. The Kier molecular flexibility index (Phi) is 5.84. The van der Waals surface area contributed by atoms with E-state index in [0.29, 0.717) is 25.5 Å².